The largest absolute Gasteiger partial charge is 0.506 e. The van der Waals surface area contributed by atoms with Gasteiger partial charge in [-0.05, 0) is 34.6 Å². The summed E-state index contributed by atoms with van der Waals surface area (Å²) in [5, 5.41) is 11.0. The van der Waals surface area contributed by atoms with Crippen LogP contribution in [0.5, 0.6) is 17.2 Å². The van der Waals surface area contributed by atoms with Crippen molar-refractivity contribution in [1.82, 2.24) is 0 Å². The average Bonchev–Trinajstić information content (AvgIpc) is 2.59. The Hall–Kier alpha value is -1.81. The van der Waals surface area contributed by atoms with Crippen molar-refractivity contribution in [2.75, 3.05) is 12.9 Å². The van der Waals surface area contributed by atoms with E-state index < -0.39 is 0 Å². The van der Waals surface area contributed by atoms with Gasteiger partial charge in [0, 0.05) is 16.9 Å². The van der Waals surface area contributed by atoms with Gasteiger partial charge in [0.25, 0.3) is 0 Å². The molecule has 27 heavy (non-hydrogen) atoms. The first kappa shape index (κ1) is 19.9. The van der Waals surface area contributed by atoms with Crippen LogP contribution in [-0.4, -0.2) is 18.0 Å². The van der Waals surface area contributed by atoms with Gasteiger partial charge in [0.05, 0.1) is 12.0 Å². The molecule has 0 saturated carbocycles. The highest BCUT2D eigenvalue weighted by molar-refractivity contribution is 7.99. The molecule has 0 amide bonds. The van der Waals surface area contributed by atoms with E-state index in [9.17, 15) is 5.11 Å². The fraction of sp³-hybridized carbons (Fsp3) is 0.478. The number of aromatic hydroxyl groups is 1. The van der Waals surface area contributed by atoms with Gasteiger partial charge in [-0.25, -0.2) is 0 Å². The summed E-state index contributed by atoms with van der Waals surface area (Å²) >= 11 is 1.68. The third-order valence-corrected chi connectivity index (χ3v) is 6.09. The van der Waals surface area contributed by atoms with E-state index in [4.69, 9.17) is 9.47 Å². The first-order chi connectivity index (χ1) is 12.5. The Morgan fingerprint density at radius 3 is 2.11 bits per heavy atom. The molecule has 1 atom stereocenters. The first-order valence-corrected chi connectivity index (χ1v) is 10.3. The topological polar surface area (TPSA) is 38.7 Å². The van der Waals surface area contributed by atoms with E-state index in [1.165, 1.54) is 0 Å². The number of thioether (sulfide) groups is 1. The summed E-state index contributed by atoms with van der Waals surface area (Å²) in [5.74, 6) is 2.79. The van der Waals surface area contributed by atoms with Crippen LogP contribution in [0.15, 0.2) is 35.2 Å². The number of rotatable bonds is 2. The SMILES string of the molecule is COc1ccc(C2CSc3c(O)c(C(C)(C)C)cc(C(C)(C)C)c3O2)cc1. The molecule has 4 heteroatoms. The summed E-state index contributed by atoms with van der Waals surface area (Å²) < 4.78 is 11.7. The summed E-state index contributed by atoms with van der Waals surface area (Å²) in [4.78, 5) is 0.872. The molecule has 3 nitrogen and oxygen atoms in total. The van der Waals surface area contributed by atoms with Crippen molar-refractivity contribution in [2.45, 2.75) is 63.4 Å². The van der Waals surface area contributed by atoms with Crippen LogP contribution in [0.1, 0.15) is 64.3 Å². The molecule has 2 aromatic rings. The number of hydrogen-bond donors (Lipinski definition) is 1. The van der Waals surface area contributed by atoms with Gasteiger partial charge < -0.3 is 14.6 Å². The zero-order valence-corrected chi connectivity index (χ0v) is 18.2. The van der Waals surface area contributed by atoms with Gasteiger partial charge in [0.1, 0.15) is 23.4 Å². The highest BCUT2D eigenvalue weighted by Gasteiger charge is 2.34. The van der Waals surface area contributed by atoms with Crippen molar-refractivity contribution < 1.29 is 14.6 Å². The third kappa shape index (κ3) is 3.91. The number of ether oxygens (including phenoxy) is 2. The second kappa shape index (κ2) is 6.97. The lowest BCUT2D eigenvalue weighted by atomic mass is 9.79. The molecule has 0 saturated heterocycles. The molecule has 1 unspecified atom stereocenters. The number of fused-ring (bicyclic) bond motifs is 1. The number of methoxy groups -OCH3 is 1. The van der Waals surface area contributed by atoms with Crippen LogP contribution < -0.4 is 9.47 Å². The van der Waals surface area contributed by atoms with E-state index in [0.29, 0.717) is 5.75 Å². The molecule has 3 rings (SSSR count). The highest BCUT2D eigenvalue weighted by atomic mass is 32.2. The van der Waals surface area contributed by atoms with Crippen molar-refractivity contribution in [3.8, 4) is 17.2 Å². The Bertz CT molecular complexity index is 827. The van der Waals surface area contributed by atoms with E-state index in [-0.39, 0.29) is 16.9 Å². The Kier molecular flexibility index (Phi) is 5.15. The van der Waals surface area contributed by atoms with E-state index >= 15 is 0 Å². The quantitative estimate of drug-likeness (QED) is 0.665. The molecule has 1 N–H and O–H groups in total. The molecular formula is C23H30O3S. The van der Waals surface area contributed by atoms with Crippen molar-refractivity contribution in [3.05, 3.63) is 47.0 Å². The van der Waals surface area contributed by atoms with Crippen molar-refractivity contribution in [1.29, 1.82) is 0 Å². The third-order valence-electron chi connectivity index (χ3n) is 4.95. The van der Waals surface area contributed by atoms with Crippen molar-refractivity contribution in [2.24, 2.45) is 0 Å². The standard InChI is InChI=1S/C23H30O3S/c1-22(2,3)16-12-17(23(4,5)6)20-21(19(16)24)27-13-18(26-20)14-8-10-15(25-7)11-9-14/h8-12,18,24H,13H2,1-7H3. The van der Waals surface area contributed by atoms with E-state index in [1.807, 2.05) is 12.1 Å². The summed E-state index contributed by atoms with van der Waals surface area (Å²) in [6.45, 7) is 13.0. The minimum Gasteiger partial charge on any atom is -0.506 e. The van der Waals surface area contributed by atoms with Gasteiger partial charge in [-0.2, -0.15) is 0 Å². The minimum atomic E-state index is -0.132. The lowest BCUT2D eigenvalue weighted by Gasteiger charge is -2.34. The maximum atomic E-state index is 11.0. The summed E-state index contributed by atoms with van der Waals surface area (Å²) in [6, 6.07) is 10.2. The second-order valence-electron chi connectivity index (χ2n) is 9.17. The number of hydrogen-bond acceptors (Lipinski definition) is 4. The van der Waals surface area contributed by atoms with Gasteiger partial charge in [-0.3, -0.25) is 0 Å². The number of benzene rings is 2. The molecule has 1 aliphatic rings. The summed E-state index contributed by atoms with van der Waals surface area (Å²) in [5.41, 5.74) is 3.02. The highest BCUT2D eigenvalue weighted by Crippen LogP contribution is 2.53. The Morgan fingerprint density at radius 2 is 1.59 bits per heavy atom. The number of phenolic OH excluding ortho intramolecular Hbond substituents is 1. The van der Waals surface area contributed by atoms with Gasteiger partial charge in [-0.15, -0.1) is 11.8 Å². The molecule has 0 spiro atoms. The monoisotopic (exact) mass is 386 g/mol. The van der Waals surface area contributed by atoms with Crippen LogP contribution in [-0.2, 0) is 10.8 Å². The normalized spacial score (nSPS) is 17.2. The van der Waals surface area contributed by atoms with E-state index in [2.05, 4.69) is 59.7 Å². The van der Waals surface area contributed by atoms with Gasteiger partial charge in [-0.1, -0.05) is 53.7 Å². The maximum absolute atomic E-state index is 11.0. The second-order valence-corrected chi connectivity index (χ2v) is 10.2. The molecule has 1 heterocycles. The Balaban J connectivity index is 2.08. The average molecular weight is 387 g/mol. The summed E-state index contributed by atoms with van der Waals surface area (Å²) in [7, 11) is 1.67. The molecule has 146 valence electrons. The van der Waals surface area contributed by atoms with Crippen LogP contribution >= 0.6 is 11.8 Å². The predicted octanol–water partition coefficient (Wildman–Crippen LogP) is 6.22. The molecule has 0 aliphatic carbocycles. The van der Waals surface area contributed by atoms with Crippen LogP contribution in [0, 0.1) is 0 Å². The molecule has 0 fully saturated rings. The van der Waals surface area contributed by atoms with E-state index in [1.54, 1.807) is 18.9 Å². The van der Waals surface area contributed by atoms with Crippen LogP contribution in [0.25, 0.3) is 0 Å². The fourth-order valence-electron chi connectivity index (χ4n) is 3.33. The Morgan fingerprint density at radius 1 is 1.00 bits per heavy atom. The zero-order valence-electron chi connectivity index (χ0n) is 17.3. The van der Waals surface area contributed by atoms with Gasteiger partial charge in [0.2, 0.25) is 0 Å². The van der Waals surface area contributed by atoms with Crippen molar-refractivity contribution >= 4 is 11.8 Å². The lowest BCUT2D eigenvalue weighted by Crippen LogP contribution is -2.23. The number of phenols is 1. The summed E-state index contributed by atoms with van der Waals surface area (Å²) in [6.07, 6.45) is -0.0469. The smallest absolute Gasteiger partial charge is 0.141 e. The molecule has 2 aromatic carbocycles. The van der Waals surface area contributed by atoms with Gasteiger partial charge >= 0.3 is 0 Å². The molecule has 0 bridgehead atoms. The molecule has 0 aromatic heterocycles. The van der Waals surface area contributed by atoms with Crippen LogP contribution in [0.4, 0.5) is 0 Å². The lowest BCUT2D eigenvalue weighted by molar-refractivity contribution is 0.212. The Labute approximate surface area is 167 Å². The van der Waals surface area contributed by atoms with E-state index in [0.717, 1.165) is 38.8 Å². The fourth-order valence-corrected chi connectivity index (χ4v) is 4.44. The van der Waals surface area contributed by atoms with Crippen molar-refractivity contribution in [3.63, 3.8) is 0 Å². The molecular weight excluding hydrogens is 356 g/mol. The zero-order chi connectivity index (χ0) is 20.0. The molecule has 0 radical (unpaired) electrons. The molecule has 1 aliphatic heterocycles. The van der Waals surface area contributed by atoms with Crippen LogP contribution in [0.3, 0.4) is 0 Å². The predicted molar refractivity (Wildman–Crippen MR) is 113 cm³/mol. The van der Waals surface area contributed by atoms with Gasteiger partial charge in [0.15, 0.2) is 0 Å². The first-order valence-electron chi connectivity index (χ1n) is 9.36. The maximum Gasteiger partial charge on any atom is 0.141 e. The van der Waals surface area contributed by atoms with Crippen LogP contribution in [0.2, 0.25) is 0 Å². The minimum absolute atomic E-state index is 0.0469.